The summed E-state index contributed by atoms with van der Waals surface area (Å²) in [7, 11) is 0. The Morgan fingerprint density at radius 1 is 1.00 bits per heavy atom. The molecule has 1 fully saturated rings. The molecular weight excluding hydrogens is 467 g/mol. The molecule has 178 valence electrons. The van der Waals surface area contributed by atoms with Crippen molar-refractivity contribution in [2.45, 2.75) is 25.4 Å². The first-order chi connectivity index (χ1) is 17.5. The molecule has 4 aromatic rings. The second-order valence-corrected chi connectivity index (χ2v) is 8.92. The van der Waals surface area contributed by atoms with Crippen LogP contribution < -0.4 is 0 Å². The molecule has 0 unspecified atom stereocenters. The van der Waals surface area contributed by atoms with E-state index in [-0.39, 0.29) is 35.8 Å². The number of imidazole rings is 1. The molecule has 0 saturated carbocycles. The summed E-state index contributed by atoms with van der Waals surface area (Å²) in [6, 6.07) is 10.4. The van der Waals surface area contributed by atoms with E-state index in [4.69, 9.17) is 4.52 Å². The fourth-order valence-corrected chi connectivity index (χ4v) is 5.31. The molecular formula is C25H17FN6O4. The Kier molecular flexibility index (Phi) is 4.26. The van der Waals surface area contributed by atoms with E-state index < -0.39 is 17.6 Å². The molecule has 0 bridgehead atoms. The van der Waals surface area contributed by atoms with E-state index in [1.807, 2.05) is 0 Å². The van der Waals surface area contributed by atoms with Gasteiger partial charge in [-0.25, -0.2) is 9.37 Å². The Morgan fingerprint density at radius 2 is 1.78 bits per heavy atom. The molecule has 36 heavy (non-hydrogen) atoms. The molecule has 3 aliphatic heterocycles. The zero-order valence-electron chi connectivity index (χ0n) is 18.7. The Hall–Kier alpha value is -4.67. The van der Waals surface area contributed by atoms with Crippen LogP contribution in [0.4, 0.5) is 4.39 Å². The van der Waals surface area contributed by atoms with Crippen molar-refractivity contribution in [3.8, 4) is 17.3 Å². The van der Waals surface area contributed by atoms with Gasteiger partial charge in [-0.3, -0.25) is 23.9 Å². The fraction of sp³-hybridized carbons (Fsp3) is 0.200. The maximum Gasteiger partial charge on any atom is 0.278 e. The zero-order valence-corrected chi connectivity index (χ0v) is 18.7. The molecule has 3 aliphatic rings. The molecule has 11 heteroatoms. The topological polar surface area (TPSA) is 114 Å². The molecule has 2 aromatic heterocycles. The maximum absolute atomic E-state index is 14.0. The standard InChI is InChI=1S/C25H17FN6O4/c26-13-7-8-17-16(10-13)25(35)30-9-3-6-18(30)21-20(27-12-32(17)21)22-28-19(29-36-22)11-31-23(33)14-4-1-2-5-15(14)24(31)34/h1-2,4-5,7-8,10,12,18H,3,6,9,11H2/t18-/m0/s1. The average molecular weight is 484 g/mol. The summed E-state index contributed by atoms with van der Waals surface area (Å²) in [4.78, 5) is 50.4. The molecule has 5 heterocycles. The summed E-state index contributed by atoms with van der Waals surface area (Å²) in [5, 5.41) is 3.98. The SMILES string of the molecule is O=C1c2ccccc2C(=O)N1Cc1noc(-c2ncn3c2[C@@H]2CCCN2C(=O)c2cc(F)ccc2-3)n1. The van der Waals surface area contributed by atoms with Crippen molar-refractivity contribution in [3.63, 3.8) is 0 Å². The molecule has 3 amide bonds. The summed E-state index contributed by atoms with van der Waals surface area (Å²) in [5.41, 5.74) is 2.57. The lowest BCUT2D eigenvalue weighted by Gasteiger charge is -2.22. The van der Waals surface area contributed by atoms with Crippen molar-refractivity contribution in [2.24, 2.45) is 0 Å². The third-order valence-electron chi connectivity index (χ3n) is 6.93. The van der Waals surface area contributed by atoms with Crippen LogP contribution in [0, 0.1) is 5.82 Å². The minimum absolute atomic E-state index is 0.111. The van der Waals surface area contributed by atoms with Crippen LogP contribution in [0.5, 0.6) is 0 Å². The van der Waals surface area contributed by atoms with Crippen LogP contribution in [-0.2, 0) is 6.54 Å². The van der Waals surface area contributed by atoms with Crippen LogP contribution >= 0.6 is 0 Å². The molecule has 10 nitrogen and oxygen atoms in total. The zero-order chi connectivity index (χ0) is 24.6. The highest BCUT2D eigenvalue weighted by atomic mass is 19.1. The summed E-state index contributed by atoms with van der Waals surface area (Å²) in [6.45, 7) is 0.390. The Labute approximate surface area is 202 Å². The van der Waals surface area contributed by atoms with Gasteiger partial charge in [0.1, 0.15) is 12.1 Å². The lowest BCUT2D eigenvalue weighted by atomic mass is 10.1. The average Bonchev–Trinajstić information content (AvgIpc) is 3.66. The van der Waals surface area contributed by atoms with Gasteiger partial charge >= 0.3 is 0 Å². The molecule has 0 aliphatic carbocycles. The van der Waals surface area contributed by atoms with E-state index in [2.05, 4.69) is 15.1 Å². The minimum atomic E-state index is -0.490. The quantitative estimate of drug-likeness (QED) is 0.411. The van der Waals surface area contributed by atoms with Gasteiger partial charge in [0.05, 0.1) is 40.7 Å². The van der Waals surface area contributed by atoms with Gasteiger partial charge in [-0.1, -0.05) is 17.3 Å². The van der Waals surface area contributed by atoms with Gasteiger partial charge < -0.3 is 9.42 Å². The molecule has 0 radical (unpaired) electrons. The highest BCUT2D eigenvalue weighted by Crippen LogP contribution is 2.42. The van der Waals surface area contributed by atoms with Crippen molar-refractivity contribution in [1.29, 1.82) is 0 Å². The van der Waals surface area contributed by atoms with Crippen LogP contribution in [0.2, 0.25) is 0 Å². The van der Waals surface area contributed by atoms with Gasteiger partial charge in [0.2, 0.25) is 0 Å². The molecule has 0 N–H and O–H groups in total. The highest BCUT2D eigenvalue weighted by Gasteiger charge is 2.41. The summed E-state index contributed by atoms with van der Waals surface area (Å²) in [5.74, 6) is -1.30. The Bertz CT molecular complexity index is 1570. The largest absolute Gasteiger partial charge is 0.332 e. The fourth-order valence-electron chi connectivity index (χ4n) is 5.31. The summed E-state index contributed by atoms with van der Waals surface area (Å²) in [6.07, 6.45) is 3.06. The van der Waals surface area contributed by atoms with E-state index in [0.29, 0.717) is 41.2 Å². The number of rotatable bonds is 3. The number of amides is 3. The van der Waals surface area contributed by atoms with Gasteiger partial charge in [-0.2, -0.15) is 4.98 Å². The second-order valence-electron chi connectivity index (χ2n) is 8.92. The number of hydrogen-bond donors (Lipinski definition) is 0. The van der Waals surface area contributed by atoms with Crippen molar-refractivity contribution in [3.05, 3.63) is 82.8 Å². The predicted molar refractivity (Wildman–Crippen MR) is 120 cm³/mol. The third-order valence-corrected chi connectivity index (χ3v) is 6.93. The van der Waals surface area contributed by atoms with Crippen LogP contribution in [0.15, 0.2) is 53.3 Å². The van der Waals surface area contributed by atoms with Gasteiger partial charge in [-0.05, 0) is 43.2 Å². The molecule has 0 spiro atoms. The third kappa shape index (κ3) is 2.82. The molecule has 1 saturated heterocycles. The number of halogens is 1. The smallest absolute Gasteiger partial charge is 0.278 e. The first kappa shape index (κ1) is 20.7. The normalized spacial score (nSPS) is 18.2. The van der Waals surface area contributed by atoms with Crippen LogP contribution in [-0.4, -0.2) is 53.8 Å². The van der Waals surface area contributed by atoms with Crippen LogP contribution in [0.1, 0.15) is 61.5 Å². The molecule has 2 aromatic carbocycles. The van der Waals surface area contributed by atoms with E-state index in [1.165, 1.54) is 12.1 Å². The molecule has 1 atom stereocenters. The lowest BCUT2D eigenvalue weighted by Crippen LogP contribution is -2.29. The Balaban J connectivity index is 1.27. The first-order valence-electron chi connectivity index (χ1n) is 11.5. The van der Waals surface area contributed by atoms with Crippen molar-refractivity contribution in [1.82, 2.24) is 29.5 Å². The monoisotopic (exact) mass is 484 g/mol. The van der Waals surface area contributed by atoms with Crippen LogP contribution in [0.25, 0.3) is 17.3 Å². The first-order valence-corrected chi connectivity index (χ1v) is 11.5. The number of imide groups is 1. The minimum Gasteiger partial charge on any atom is -0.332 e. The summed E-state index contributed by atoms with van der Waals surface area (Å²) >= 11 is 0. The van der Waals surface area contributed by atoms with E-state index in [0.717, 1.165) is 11.3 Å². The van der Waals surface area contributed by atoms with Crippen molar-refractivity contribution < 1.29 is 23.3 Å². The van der Waals surface area contributed by atoms with E-state index in [9.17, 15) is 18.8 Å². The number of fused-ring (bicyclic) bond motifs is 6. The number of carbonyl (C=O) groups is 3. The van der Waals surface area contributed by atoms with Crippen molar-refractivity contribution >= 4 is 17.7 Å². The lowest BCUT2D eigenvalue weighted by molar-refractivity contribution is 0.0636. The number of hydrogen-bond acceptors (Lipinski definition) is 7. The van der Waals surface area contributed by atoms with E-state index in [1.54, 1.807) is 46.1 Å². The second kappa shape index (κ2) is 7.41. The molecule has 7 rings (SSSR count). The van der Waals surface area contributed by atoms with Gasteiger partial charge in [0.15, 0.2) is 11.5 Å². The van der Waals surface area contributed by atoms with Gasteiger partial charge in [0.25, 0.3) is 23.6 Å². The number of benzene rings is 2. The predicted octanol–water partition coefficient (Wildman–Crippen LogP) is 3.15. The number of nitrogens with zero attached hydrogens (tertiary/aromatic N) is 6. The van der Waals surface area contributed by atoms with E-state index >= 15 is 0 Å². The maximum atomic E-state index is 14.0. The Morgan fingerprint density at radius 3 is 2.56 bits per heavy atom. The number of carbonyl (C=O) groups excluding carboxylic acids is 3. The highest BCUT2D eigenvalue weighted by molar-refractivity contribution is 6.21. The van der Waals surface area contributed by atoms with Gasteiger partial charge in [-0.15, -0.1) is 0 Å². The van der Waals surface area contributed by atoms with Gasteiger partial charge in [0, 0.05) is 6.54 Å². The number of aromatic nitrogens is 4. The van der Waals surface area contributed by atoms with Crippen LogP contribution in [0.3, 0.4) is 0 Å². The van der Waals surface area contributed by atoms with Crippen molar-refractivity contribution in [2.75, 3.05) is 6.54 Å². The summed E-state index contributed by atoms with van der Waals surface area (Å²) < 4.78 is 21.3.